The van der Waals surface area contributed by atoms with E-state index in [0.717, 1.165) is 24.8 Å². The Balaban J connectivity index is 1.43. The van der Waals surface area contributed by atoms with Crippen molar-refractivity contribution in [1.29, 1.82) is 0 Å². The van der Waals surface area contributed by atoms with Crippen LogP contribution in [0.5, 0.6) is 0 Å². The predicted octanol–water partition coefficient (Wildman–Crippen LogP) is 3.46. The number of fused-ring (bicyclic) bond motifs is 1. The summed E-state index contributed by atoms with van der Waals surface area (Å²) in [7, 11) is 0. The lowest BCUT2D eigenvalue weighted by atomic mass is 9.88. The molecule has 1 aliphatic rings. The number of carbonyl (C=O) groups is 3. The van der Waals surface area contributed by atoms with Crippen molar-refractivity contribution in [2.24, 2.45) is 0 Å². The molecular formula is C21H20Cl2N2O4. The van der Waals surface area contributed by atoms with E-state index in [1.807, 2.05) is 18.2 Å². The summed E-state index contributed by atoms with van der Waals surface area (Å²) in [6.45, 7) is -0.765. The number of amides is 2. The standard InChI is InChI=1S/C21H20Cl2N2O4/c22-16-9-8-14(10-17(16)23)21(28)24-11-20(27)29-12-19(26)25-18-7-3-5-13-4-1-2-6-15(13)18/h1-2,4,6,8-10,18H,3,5,7,11-12H2,(H,24,28)(H,25,26). The SMILES string of the molecule is O=C(COC(=O)CNC(=O)c1ccc(Cl)c(Cl)c1)NC1CCCc2ccccc21. The van der Waals surface area contributed by atoms with Gasteiger partial charge in [0, 0.05) is 5.56 Å². The molecule has 1 unspecified atom stereocenters. The first kappa shape index (κ1) is 21.1. The summed E-state index contributed by atoms with van der Waals surface area (Å²) in [5.74, 6) is -1.59. The molecule has 2 N–H and O–H groups in total. The van der Waals surface area contributed by atoms with Crippen LogP contribution >= 0.6 is 23.2 Å². The normalized spacial score (nSPS) is 15.2. The topological polar surface area (TPSA) is 84.5 Å². The largest absolute Gasteiger partial charge is 0.454 e. The zero-order valence-electron chi connectivity index (χ0n) is 15.5. The van der Waals surface area contributed by atoms with Crippen molar-refractivity contribution in [3.8, 4) is 0 Å². The van der Waals surface area contributed by atoms with E-state index in [0.29, 0.717) is 5.02 Å². The number of hydrogen-bond donors (Lipinski definition) is 2. The quantitative estimate of drug-likeness (QED) is 0.681. The Morgan fingerprint density at radius 3 is 2.66 bits per heavy atom. The number of rotatable bonds is 6. The molecular weight excluding hydrogens is 415 g/mol. The first-order chi connectivity index (χ1) is 13.9. The van der Waals surface area contributed by atoms with Crippen molar-refractivity contribution in [1.82, 2.24) is 10.6 Å². The minimum atomic E-state index is -0.711. The number of benzene rings is 2. The van der Waals surface area contributed by atoms with Crippen molar-refractivity contribution in [3.63, 3.8) is 0 Å². The molecule has 2 amide bonds. The van der Waals surface area contributed by atoms with Gasteiger partial charge in [-0.15, -0.1) is 0 Å². The summed E-state index contributed by atoms with van der Waals surface area (Å²) in [6.07, 6.45) is 2.83. The second kappa shape index (κ2) is 9.76. The Bertz CT molecular complexity index is 933. The van der Waals surface area contributed by atoms with E-state index in [1.165, 1.54) is 23.8 Å². The second-order valence-electron chi connectivity index (χ2n) is 6.68. The molecule has 29 heavy (non-hydrogen) atoms. The van der Waals surface area contributed by atoms with E-state index in [9.17, 15) is 14.4 Å². The molecule has 0 spiro atoms. The number of esters is 1. The third-order valence-electron chi connectivity index (χ3n) is 4.64. The van der Waals surface area contributed by atoms with Gasteiger partial charge in [-0.05, 0) is 48.6 Å². The molecule has 1 atom stereocenters. The fourth-order valence-electron chi connectivity index (χ4n) is 3.23. The lowest BCUT2D eigenvalue weighted by molar-refractivity contribution is -0.147. The maximum atomic E-state index is 12.2. The molecule has 3 rings (SSSR count). The fourth-order valence-corrected chi connectivity index (χ4v) is 3.53. The Hall–Kier alpha value is -2.57. The summed E-state index contributed by atoms with van der Waals surface area (Å²) in [5.41, 5.74) is 2.60. The maximum Gasteiger partial charge on any atom is 0.325 e. The van der Waals surface area contributed by atoms with Gasteiger partial charge in [-0.3, -0.25) is 14.4 Å². The van der Waals surface area contributed by atoms with Crippen LogP contribution in [-0.2, 0) is 20.7 Å². The third kappa shape index (κ3) is 5.71. The van der Waals surface area contributed by atoms with Gasteiger partial charge in [0.2, 0.25) is 0 Å². The molecule has 0 saturated heterocycles. The van der Waals surface area contributed by atoms with Crippen molar-refractivity contribution in [3.05, 3.63) is 69.2 Å². The highest BCUT2D eigenvalue weighted by atomic mass is 35.5. The summed E-state index contributed by atoms with van der Waals surface area (Å²) in [5, 5.41) is 5.89. The van der Waals surface area contributed by atoms with E-state index < -0.39 is 18.5 Å². The smallest absolute Gasteiger partial charge is 0.325 e. The van der Waals surface area contributed by atoms with Crippen LogP contribution in [0, 0.1) is 0 Å². The van der Waals surface area contributed by atoms with E-state index in [4.69, 9.17) is 27.9 Å². The Morgan fingerprint density at radius 2 is 1.86 bits per heavy atom. The van der Waals surface area contributed by atoms with Crippen LogP contribution < -0.4 is 10.6 Å². The first-order valence-corrected chi connectivity index (χ1v) is 9.95. The van der Waals surface area contributed by atoms with Crippen LogP contribution in [0.15, 0.2) is 42.5 Å². The highest BCUT2D eigenvalue weighted by Crippen LogP contribution is 2.29. The predicted molar refractivity (Wildman–Crippen MR) is 110 cm³/mol. The molecule has 0 saturated carbocycles. The molecule has 0 aromatic heterocycles. The van der Waals surface area contributed by atoms with Crippen LogP contribution in [-0.4, -0.2) is 30.9 Å². The van der Waals surface area contributed by atoms with Crippen molar-refractivity contribution < 1.29 is 19.1 Å². The maximum absolute atomic E-state index is 12.2. The highest BCUT2D eigenvalue weighted by Gasteiger charge is 2.21. The lowest BCUT2D eigenvalue weighted by Crippen LogP contribution is -2.36. The second-order valence-corrected chi connectivity index (χ2v) is 7.50. The van der Waals surface area contributed by atoms with Crippen LogP contribution in [0.3, 0.4) is 0 Å². The van der Waals surface area contributed by atoms with E-state index >= 15 is 0 Å². The third-order valence-corrected chi connectivity index (χ3v) is 5.38. The van der Waals surface area contributed by atoms with Gasteiger partial charge in [0.25, 0.3) is 11.8 Å². The highest BCUT2D eigenvalue weighted by molar-refractivity contribution is 6.42. The Kier molecular flexibility index (Phi) is 7.12. The lowest BCUT2D eigenvalue weighted by Gasteiger charge is -2.26. The minimum absolute atomic E-state index is 0.0829. The number of hydrogen-bond acceptors (Lipinski definition) is 4. The summed E-state index contributed by atoms with van der Waals surface area (Å²) in [4.78, 5) is 36.0. The minimum Gasteiger partial charge on any atom is -0.454 e. The molecule has 8 heteroatoms. The average molecular weight is 435 g/mol. The average Bonchev–Trinajstić information content (AvgIpc) is 2.72. The van der Waals surface area contributed by atoms with Crippen LogP contribution in [0.1, 0.15) is 40.4 Å². The zero-order valence-corrected chi connectivity index (χ0v) is 17.1. The summed E-state index contributed by atoms with van der Waals surface area (Å²) >= 11 is 11.7. The van der Waals surface area contributed by atoms with Crippen LogP contribution in [0.25, 0.3) is 0 Å². The first-order valence-electron chi connectivity index (χ1n) is 9.20. The molecule has 0 aliphatic heterocycles. The van der Waals surface area contributed by atoms with E-state index in [2.05, 4.69) is 16.7 Å². The monoisotopic (exact) mass is 434 g/mol. The molecule has 6 nitrogen and oxygen atoms in total. The summed E-state index contributed by atoms with van der Waals surface area (Å²) < 4.78 is 4.95. The number of halogens is 2. The van der Waals surface area contributed by atoms with Gasteiger partial charge in [-0.2, -0.15) is 0 Å². The van der Waals surface area contributed by atoms with E-state index in [1.54, 1.807) is 0 Å². The summed E-state index contributed by atoms with van der Waals surface area (Å²) in [6, 6.07) is 12.3. The molecule has 1 aliphatic carbocycles. The van der Waals surface area contributed by atoms with Gasteiger partial charge in [0.1, 0.15) is 6.54 Å². The molecule has 0 fully saturated rings. The molecule has 152 valence electrons. The Labute approximate surface area is 178 Å². The number of aryl methyl sites for hydroxylation is 1. The molecule has 0 bridgehead atoms. The molecule has 0 heterocycles. The van der Waals surface area contributed by atoms with Crippen LogP contribution in [0.4, 0.5) is 0 Å². The van der Waals surface area contributed by atoms with Gasteiger partial charge >= 0.3 is 5.97 Å². The van der Waals surface area contributed by atoms with Crippen molar-refractivity contribution in [2.45, 2.75) is 25.3 Å². The molecule has 0 radical (unpaired) electrons. The number of ether oxygens (including phenoxy) is 1. The molecule has 2 aromatic carbocycles. The van der Waals surface area contributed by atoms with Crippen LogP contribution in [0.2, 0.25) is 10.0 Å². The van der Waals surface area contributed by atoms with Gasteiger partial charge in [-0.25, -0.2) is 0 Å². The van der Waals surface area contributed by atoms with Crippen molar-refractivity contribution in [2.75, 3.05) is 13.2 Å². The molecule has 2 aromatic rings. The zero-order chi connectivity index (χ0) is 20.8. The Morgan fingerprint density at radius 1 is 1.07 bits per heavy atom. The van der Waals surface area contributed by atoms with Gasteiger partial charge < -0.3 is 15.4 Å². The number of nitrogens with one attached hydrogen (secondary N) is 2. The van der Waals surface area contributed by atoms with Crippen molar-refractivity contribution >= 4 is 41.0 Å². The number of carbonyl (C=O) groups excluding carboxylic acids is 3. The van der Waals surface area contributed by atoms with Gasteiger partial charge in [0.05, 0.1) is 16.1 Å². The fraction of sp³-hybridized carbons (Fsp3) is 0.286. The van der Waals surface area contributed by atoms with Gasteiger partial charge in [-0.1, -0.05) is 47.5 Å². The van der Waals surface area contributed by atoms with E-state index in [-0.39, 0.29) is 29.1 Å². The van der Waals surface area contributed by atoms with Gasteiger partial charge in [0.15, 0.2) is 6.61 Å².